The number of hydrogen-bond acceptors (Lipinski definition) is 9. The van der Waals surface area contributed by atoms with Crippen LogP contribution in [0.25, 0.3) is 22.8 Å². The summed E-state index contributed by atoms with van der Waals surface area (Å²) in [6.07, 6.45) is 1.34. The van der Waals surface area contributed by atoms with E-state index in [9.17, 15) is 18.0 Å². The fourth-order valence-corrected chi connectivity index (χ4v) is 5.90. The zero-order valence-corrected chi connectivity index (χ0v) is 23.7. The van der Waals surface area contributed by atoms with Crippen LogP contribution in [-0.4, -0.2) is 61.6 Å². The minimum absolute atomic E-state index is 0.0586. The maximum absolute atomic E-state index is 13.8. The average Bonchev–Trinajstić information content (AvgIpc) is 3.61. The fraction of sp³-hybridized carbons (Fsp3) is 0.483. The van der Waals surface area contributed by atoms with Gasteiger partial charge in [0.1, 0.15) is 11.6 Å². The number of benzene rings is 1. The van der Waals surface area contributed by atoms with Gasteiger partial charge in [-0.05, 0) is 50.0 Å². The Labute approximate surface area is 245 Å². The van der Waals surface area contributed by atoms with E-state index < -0.39 is 18.0 Å². The van der Waals surface area contributed by atoms with E-state index in [1.165, 1.54) is 0 Å². The average molecular weight is 599 g/mol. The van der Waals surface area contributed by atoms with Gasteiger partial charge in [0.05, 0.1) is 19.3 Å². The second-order valence-electron chi connectivity index (χ2n) is 11.2. The number of alkyl halides is 3. The molecule has 1 aliphatic carbocycles. The maximum atomic E-state index is 13.8. The molecule has 0 spiro atoms. The van der Waals surface area contributed by atoms with Crippen molar-refractivity contribution in [3.8, 4) is 11.6 Å². The number of nitrogens with one attached hydrogen (secondary N) is 2. The Bertz CT molecular complexity index is 1630. The van der Waals surface area contributed by atoms with Gasteiger partial charge in [-0.15, -0.1) is 6.58 Å². The Morgan fingerprint density at radius 3 is 2.60 bits per heavy atom. The van der Waals surface area contributed by atoms with E-state index in [4.69, 9.17) is 9.72 Å². The Kier molecular flexibility index (Phi) is 7.95. The molecule has 43 heavy (non-hydrogen) atoms. The summed E-state index contributed by atoms with van der Waals surface area (Å²) in [6.45, 7) is 6.90. The van der Waals surface area contributed by atoms with Crippen LogP contribution < -0.4 is 16.0 Å². The van der Waals surface area contributed by atoms with E-state index >= 15 is 0 Å². The molecule has 0 radical (unpaired) electrons. The zero-order chi connectivity index (χ0) is 30.1. The number of anilines is 2. The van der Waals surface area contributed by atoms with Crippen molar-refractivity contribution in [2.45, 2.75) is 57.4 Å². The summed E-state index contributed by atoms with van der Waals surface area (Å²) in [5.41, 5.74) is 1.56. The predicted octanol–water partition coefficient (Wildman–Crippen LogP) is 5.10. The molecule has 4 aromatic rings. The van der Waals surface area contributed by atoms with Crippen LogP contribution in [0.1, 0.15) is 44.2 Å². The van der Waals surface area contributed by atoms with Crippen LogP contribution in [0.3, 0.4) is 0 Å². The van der Waals surface area contributed by atoms with E-state index in [-0.39, 0.29) is 35.1 Å². The molecule has 1 saturated heterocycles. The summed E-state index contributed by atoms with van der Waals surface area (Å²) in [6, 6.07) is 7.80. The van der Waals surface area contributed by atoms with Crippen LogP contribution in [0.4, 0.5) is 24.9 Å². The highest BCUT2D eigenvalue weighted by molar-refractivity contribution is 5.87. The molecule has 228 valence electrons. The van der Waals surface area contributed by atoms with Crippen LogP contribution in [0, 0.1) is 11.8 Å². The lowest BCUT2D eigenvalue weighted by Gasteiger charge is -2.37. The van der Waals surface area contributed by atoms with Crippen molar-refractivity contribution in [2.24, 2.45) is 11.8 Å². The normalized spacial score (nSPS) is 22.0. The standard InChI is InChI=1S/C29H33F3N8O3/c1-3-18-9-11-19(12-10-18)15-40-22-23(33-17(2)29(30,31)32)34-25(26-37-28(41)43-38-26)35-24(22)36-27(40)39-13-14-42-16-21(39)20-7-5-4-6-8-20/h3-8,17-19,21H,1,9-16H2,2H3,(H,33,34,35)(H,37,38,41)/t17-,18?,19?,21+/m1/s1. The summed E-state index contributed by atoms with van der Waals surface area (Å²) < 4.78 is 53.9. The third-order valence-electron chi connectivity index (χ3n) is 8.31. The predicted molar refractivity (Wildman–Crippen MR) is 154 cm³/mol. The van der Waals surface area contributed by atoms with Crippen molar-refractivity contribution in [3.05, 3.63) is 59.1 Å². The van der Waals surface area contributed by atoms with Crippen molar-refractivity contribution in [1.82, 2.24) is 29.7 Å². The van der Waals surface area contributed by atoms with Gasteiger partial charge in [-0.1, -0.05) is 41.6 Å². The maximum Gasteiger partial charge on any atom is 0.439 e. The molecule has 11 nitrogen and oxygen atoms in total. The van der Waals surface area contributed by atoms with Gasteiger partial charge in [-0.2, -0.15) is 18.2 Å². The molecule has 2 fully saturated rings. The first-order valence-corrected chi connectivity index (χ1v) is 14.4. The van der Waals surface area contributed by atoms with Gasteiger partial charge < -0.3 is 19.5 Å². The number of morpholine rings is 1. The SMILES string of the molecule is C=CC1CCC(Cn2c(N3CCOC[C@H]3c3ccccc3)nc3nc(-c4noc(=O)[nH]4)nc(N[C@H](C)C(F)(F)F)c32)CC1. The van der Waals surface area contributed by atoms with Gasteiger partial charge in [-0.3, -0.25) is 9.51 Å². The summed E-state index contributed by atoms with van der Waals surface area (Å²) in [5, 5.41) is 6.20. The summed E-state index contributed by atoms with van der Waals surface area (Å²) in [4.78, 5) is 30.1. The molecule has 6 rings (SSSR count). The third kappa shape index (κ3) is 6.01. The third-order valence-corrected chi connectivity index (χ3v) is 8.31. The van der Waals surface area contributed by atoms with Crippen molar-refractivity contribution in [3.63, 3.8) is 0 Å². The molecular formula is C29H33F3N8O3. The number of hydrogen-bond donors (Lipinski definition) is 2. The first kappa shape index (κ1) is 28.9. The van der Waals surface area contributed by atoms with Gasteiger partial charge in [0, 0.05) is 13.1 Å². The monoisotopic (exact) mass is 598 g/mol. The Morgan fingerprint density at radius 1 is 1.16 bits per heavy atom. The molecule has 14 heteroatoms. The lowest BCUT2D eigenvalue weighted by atomic mass is 9.82. The number of imidazole rings is 1. The summed E-state index contributed by atoms with van der Waals surface area (Å²) in [5.74, 6) is 0.177. The van der Waals surface area contributed by atoms with Crippen LogP contribution in [0.15, 0.2) is 52.3 Å². The van der Waals surface area contributed by atoms with Gasteiger partial charge in [0.2, 0.25) is 17.6 Å². The first-order valence-electron chi connectivity index (χ1n) is 14.4. The molecule has 0 unspecified atom stereocenters. The van der Waals surface area contributed by atoms with Crippen LogP contribution in [0.5, 0.6) is 0 Å². The number of allylic oxidation sites excluding steroid dienone is 1. The molecule has 2 aliphatic rings. The molecule has 1 aliphatic heterocycles. The van der Waals surface area contributed by atoms with Gasteiger partial charge >= 0.3 is 11.9 Å². The molecule has 1 aromatic carbocycles. The van der Waals surface area contributed by atoms with Gasteiger partial charge in [0.25, 0.3) is 0 Å². The van der Waals surface area contributed by atoms with Crippen molar-refractivity contribution >= 4 is 22.9 Å². The van der Waals surface area contributed by atoms with E-state index in [0.29, 0.717) is 43.7 Å². The quantitative estimate of drug-likeness (QED) is 0.266. The van der Waals surface area contributed by atoms with Gasteiger partial charge in [0.15, 0.2) is 11.5 Å². The zero-order valence-electron chi connectivity index (χ0n) is 23.7. The van der Waals surface area contributed by atoms with Crippen LogP contribution >= 0.6 is 0 Å². The smallest absolute Gasteiger partial charge is 0.377 e. The molecular weight excluding hydrogens is 565 g/mol. The number of aromatic nitrogens is 6. The Hall–Kier alpha value is -4.20. The highest BCUT2D eigenvalue weighted by atomic mass is 19.4. The van der Waals surface area contributed by atoms with E-state index in [2.05, 4.69) is 41.4 Å². The molecule has 1 saturated carbocycles. The Morgan fingerprint density at radius 2 is 1.93 bits per heavy atom. The van der Waals surface area contributed by atoms with E-state index in [1.54, 1.807) is 0 Å². The second-order valence-corrected chi connectivity index (χ2v) is 11.2. The van der Waals surface area contributed by atoms with Crippen molar-refractivity contribution in [2.75, 3.05) is 30.0 Å². The van der Waals surface area contributed by atoms with Crippen LogP contribution in [-0.2, 0) is 11.3 Å². The molecule has 2 N–H and O–H groups in total. The number of aromatic amines is 1. The number of halogens is 3. The molecule has 0 bridgehead atoms. The number of H-pyrrole nitrogens is 1. The molecule has 4 heterocycles. The second kappa shape index (κ2) is 11.8. The minimum atomic E-state index is -4.54. The number of fused-ring (bicyclic) bond motifs is 1. The molecule has 2 atom stereocenters. The number of rotatable bonds is 8. The van der Waals surface area contributed by atoms with Crippen LogP contribution in [0.2, 0.25) is 0 Å². The topological polar surface area (TPSA) is 127 Å². The molecule has 0 amide bonds. The highest BCUT2D eigenvalue weighted by Gasteiger charge is 2.38. The Balaban J connectivity index is 1.52. The lowest BCUT2D eigenvalue weighted by Crippen LogP contribution is -2.41. The van der Waals surface area contributed by atoms with Crippen molar-refractivity contribution in [1.29, 1.82) is 0 Å². The van der Waals surface area contributed by atoms with Crippen molar-refractivity contribution < 1.29 is 22.4 Å². The number of nitrogens with zero attached hydrogens (tertiary/aromatic N) is 6. The lowest BCUT2D eigenvalue weighted by molar-refractivity contribution is -0.138. The minimum Gasteiger partial charge on any atom is -0.377 e. The summed E-state index contributed by atoms with van der Waals surface area (Å²) in [7, 11) is 0. The highest BCUT2D eigenvalue weighted by Crippen LogP contribution is 2.38. The summed E-state index contributed by atoms with van der Waals surface area (Å²) >= 11 is 0. The number of ether oxygens (including phenoxy) is 1. The fourth-order valence-electron chi connectivity index (χ4n) is 5.90. The largest absolute Gasteiger partial charge is 0.439 e. The van der Waals surface area contributed by atoms with Gasteiger partial charge in [-0.25, -0.2) is 14.8 Å². The molecule has 3 aromatic heterocycles. The first-order chi connectivity index (χ1) is 20.7. The van der Waals surface area contributed by atoms with E-state index in [0.717, 1.165) is 38.2 Å². The van der Waals surface area contributed by atoms with E-state index in [1.807, 2.05) is 41.0 Å².